The third-order valence-electron chi connectivity index (χ3n) is 4.65. The number of hydrogen-bond donors (Lipinski definition) is 2. The summed E-state index contributed by atoms with van der Waals surface area (Å²) in [5.74, 6) is -0.901. The molecule has 11 nitrogen and oxygen atoms in total. The molecule has 2 aliphatic rings. The highest BCUT2D eigenvalue weighted by Gasteiger charge is 2.49. The van der Waals surface area contributed by atoms with Crippen LogP contribution in [-0.4, -0.2) is 71.5 Å². The van der Waals surface area contributed by atoms with Gasteiger partial charge in [0.2, 0.25) is 5.91 Å². The van der Waals surface area contributed by atoms with Gasteiger partial charge in [0.25, 0.3) is 5.91 Å². The fourth-order valence-corrected chi connectivity index (χ4v) is 3.68. The van der Waals surface area contributed by atoms with E-state index in [1.807, 2.05) is 6.07 Å². The summed E-state index contributed by atoms with van der Waals surface area (Å²) in [5, 5.41) is 1.63. The SMILES string of the molecule is CN(NC(=O)[C@@H]1CC[C@@H]2CN1C(=O)N2OS(=O)(=O)O)C(=O)Cc1ccccc1. The molecule has 1 aromatic rings. The van der Waals surface area contributed by atoms with E-state index in [-0.39, 0.29) is 25.3 Å². The summed E-state index contributed by atoms with van der Waals surface area (Å²) in [6, 6.07) is 6.72. The van der Waals surface area contributed by atoms with Gasteiger partial charge in [-0.25, -0.2) is 4.79 Å². The predicted molar refractivity (Wildman–Crippen MR) is 94.4 cm³/mol. The minimum atomic E-state index is -4.85. The first-order chi connectivity index (χ1) is 13.2. The number of benzene rings is 1. The lowest BCUT2D eigenvalue weighted by Gasteiger charge is -2.30. The Bertz CT molecular complexity index is 876. The number of nitrogens with one attached hydrogen (secondary N) is 1. The number of rotatable bonds is 5. The maximum Gasteiger partial charge on any atom is 0.418 e. The number of urea groups is 1. The molecule has 2 atom stereocenters. The molecule has 0 radical (unpaired) electrons. The van der Waals surface area contributed by atoms with Crippen LogP contribution in [0.1, 0.15) is 18.4 Å². The second-order valence-corrected chi connectivity index (χ2v) is 7.61. The van der Waals surface area contributed by atoms with Gasteiger partial charge in [-0.2, -0.15) is 13.5 Å². The number of piperidine rings is 1. The van der Waals surface area contributed by atoms with Gasteiger partial charge in [0, 0.05) is 13.6 Å². The summed E-state index contributed by atoms with van der Waals surface area (Å²) >= 11 is 0. The van der Waals surface area contributed by atoms with E-state index in [2.05, 4.69) is 9.71 Å². The van der Waals surface area contributed by atoms with Crippen LogP contribution < -0.4 is 5.43 Å². The lowest BCUT2D eigenvalue weighted by Crippen LogP contribution is -2.54. The van der Waals surface area contributed by atoms with Crippen molar-refractivity contribution in [2.45, 2.75) is 31.3 Å². The smallest absolute Gasteiger partial charge is 0.309 e. The van der Waals surface area contributed by atoms with Crippen LogP contribution in [0.15, 0.2) is 30.3 Å². The quantitative estimate of drug-likeness (QED) is 0.501. The Hall–Kier alpha value is -2.70. The number of hydroxylamine groups is 2. The Morgan fingerprint density at radius 2 is 1.96 bits per heavy atom. The molecule has 4 amide bonds. The lowest BCUT2D eigenvalue weighted by molar-refractivity contribution is -0.141. The average molecular weight is 412 g/mol. The van der Waals surface area contributed by atoms with E-state index in [9.17, 15) is 22.8 Å². The zero-order chi connectivity index (χ0) is 20.5. The van der Waals surface area contributed by atoms with E-state index in [4.69, 9.17) is 4.55 Å². The van der Waals surface area contributed by atoms with Crippen LogP contribution in [0.4, 0.5) is 4.79 Å². The number of carbonyl (C=O) groups excluding carboxylic acids is 3. The molecule has 12 heteroatoms. The van der Waals surface area contributed by atoms with Gasteiger partial charge in [0.05, 0.1) is 12.5 Å². The van der Waals surface area contributed by atoms with Crippen LogP contribution >= 0.6 is 0 Å². The summed E-state index contributed by atoms with van der Waals surface area (Å²) in [6.07, 6.45) is 0.662. The van der Waals surface area contributed by atoms with Gasteiger partial charge in [-0.15, -0.1) is 4.28 Å². The minimum Gasteiger partial charge on any atom is -0.309 e. The van der Waals surface area contributed by atoms with E-state index < -0.39 is 34.4 Å². The van der Waals surface area contributed by atoms with Crippen LogP contribution in [0.25, 0.3) is 0 Å². The predicted octanol–water partition coefficient (Wildman–Crippen LogP) is -0.278. The third-order valence-corrected chi connectivity index (χ3v) is 5.00. The van der Waals surface area contributed by atoms with Crippen molar-refractivity contribution < 1.29 is 31.6 Å². The number of fused-ring (bicyclic) bond motifs is 2. The van der Waals surface area contributed by atoms with Gasteiger partial charge in [0.1, 0.15) is 6.04 Å². The number of nitrogens with zero attached hydrogens (tertiary/aromatic N) is 3. The van der Waals surface area contributed by atoms with Gasteiger partial charge < -0.3 is 4.90 Å². The standard InChI is InChI=1S/C16H20N4O7S/c1-18(14(21)9-11-5-3-2-4-6-11)17-15(22)13-8-7-12-10-19(13)16(23)20(12)27-28(24,25)26/h2-6,12-13H,7-10H2,1H3,(H,17,22)(H,24,25,26)/t12-,13+/m1/s1. The highest BCUT2D eigenvalue weighted by atomic mass is 32.3. The molecule has 2 saturated heterocycles. The van der Waals surface area contributed by atoms with Gasteiger partial charge in [0.15, 0.2) is 0 Å². The number of hydrogen-bond acceptors (Lipinski definition) is 6. The topological polar surface area (TPSA) is 137 Å². The third kappa shape index (κ3) is 4.40. The highest BCUT2D eigenvalue weighted by Crippen LogP contribution is 2.30. The maximum atomic E-state index is 12.6. The Balaban J connectivity index is 1.60. The van der Waals surface area contributed by atoms with Crippen molar-refractivity contribution in [2.75, 3.05) is 13.6 Å². The number of likely N-dealkylation sites (N-methyl/N-ethyl adjacent to an activating group) is 1. The number of hydrazine groups is 1. The van der Waals surface area contributed by atoms with Crippen LogP contribution in [0, 0.1) is 0 Å². The second-order valence-electron chi connectivity index (χ2n) is 6.60. The zero-order valence-corrected chi connectivity index (χ0v) is 15.8. The fraction of sp³-hybridized carbons (Fsp3) is 0.438. The summed E-state index contributed by atoms with van der Waals surface area (Å²) in [7, 11) is -3.44. The van der Waals surface area contributed by atoms with Crippen LogP contribution in [0.5, 0.6) is 0 Å². The van der Waals surface area contributed by atoms with Crippen molar-refractivity contribution >= 4 is 28.2 Å². The van der Waals surface area contributed by atoms with Crippen molar-refractivity contribution in [3.05, 3.63) is 35.9 Å². The van der Waals surface area contributed by atoms with E-state index in [1.165, 1.54) is 7.05 Å². The number of carbonyl (C=O) groups is 3. The van der Waals surface area contributed by atoms with Gasteiger partial charge in [-0.3, -0.25) is 24.6 Å². The minimum absolute atomic E-state index is 0.0775. The normalized spacial score (nSPS) is 21.6. The highest BCUT2D eigenvalue weighted by molar-refractivity contribution is 7.80. The summed E-state index contributed by atoms with van der Waals surface area (Å²) in [5.41, 5.74) is 3.25. The molecular weight excluding hydrogens is 392 g/mol. The molecule has 1 aromatic carbocycles. The Labute approximate surface area is 161 Å². The van der Waals surface area contributed by atoms with Crippen LogP contribution in [-0.2, 0) is 30.7 Å². The van der Waals surface area contributed by atoms with Gasteiger partial charge in [-0.1, -0.05) is 30.3 Å². The van der Waals surface area contributed by atoms with Crippen molar-refractivity contribution in [2.24, 2.45) is 0 Å². The summed E-state index contributed by atoms with van der Waals surface area (Å²) in [4.78, 5) is 38.3. The number of amides is 4. The monoisotopic (exact) mass is 412 g/mol. The molecular formula is C16H20N4O7S. The first-order valence-electron chi connectivity index (χ1n) is 8.53. The molecule has 0 aliphatic carbocycles. The lowest BCUT2D eigenvalue weighted by atomic mass is 10.0. The first kappa shape index (κ1) is 20.0. The molecule has 0 unspecified atom stereocenters. The molecule has 2 bridgehead atoms. The largest absolute Gasteiger partial charge is 0.418 e. The molecule has 2 N–H and O–H groups in total. The van der Waals surface area contributed by atoms with E-state index >= 15 is 0 Å². The second kappa shape index (κ2) is 7.73. The molecule has 0 saturated carbocycles. The van der Waals surface area contributed by atoms with E-state index in [1.54, 1.807) is 24.3 Å². The molecule has 3 rings (SSSR count). The van der Waals surface area contributed by atoms with E-state index in [0.29, 0.717) is 11.5 Å². The molecule has 2 aliphatic heterocycles. The average Bonchev–Trinajstić information content (AvgIpc) is 2.86. The van der Waals surface area contributed by atoms with Crippen molar-refractivity contribution in [3.63, 3.8) is 0 Å². The molecule has 0 spiro atoms. The van der Waals surface area contributed by atoms with Gasteiger partial charge >= 0.3 is 16.4 Å². The Kier molecular flexibility index (Phi) is 5.54. The Morgan fingerprint density at radius 3 is 2.61 bits per heavy atom. The van der Waals surface area contributed by atoms with Crippen molar-refractivity contribution in [3.8, 4) is 0 Å². The molecule has 2 fully saturated rings. The van der Waals surface area contributed by atoms with Crippen LogP contribution in [0.2, 0.25) is 0 Å². The first-order valence-corrected chi connectivity index (χ1v) is 9.90. The summed E-state index contributed by atoms with van der Waals surface area (Å²) < 4.78 is 34.9. The van der Waals surface area contributed by atoms with Crippen molar-refractivity contribution in [1.29, 1.82) is 0 Å². The van der Waals surface area contributed by atoms with Crippen molar-refractivity contribution in [1.82, 2.24) is 20.4 Å². The molecule has 28 heavy (non-hydrogen) atoms. The molecule has 2 heterocycles. The summed E-state index contributed by atoms with van der Waals surface area (Å²) in [6.45, 7) is 0.0775. The Morgan fingerprint density at radius 1 is 1.29 bits per heavy atom. The maximum absolute atomic E-state index is 12.6. The zero-order valence-electron chi connectivity index (χ0n) is 15.0. The van der Waals surface area contributed by atoms with Crippen LogP contribution in [0.3, 0.4) is 0 Å². The molecule has 0 aromatic heterocycles. The van der Waals surface area contributed by atoms with Gasteiger partial charge in [-0.05, 0) is 18.4 Å². The fourth-order valence-electron chi connectivity index (χ4n) is 3.30. The van der Waals surface area contributed by atoms with E-state index in [0.717, 1.165) is 15.5 Å². The molecule has 152 valence electrons.